The summed E-state index contributed by atoms with van der Waals surface area (Å²) in [6, 6.07) is 21.5. The standard InChI is InChI=1S/C30H27F3N4O2/c1-36(2)28-14-13-27(34-29(38)21-5-3-6-24(32)15-21)16-22(28)19-37(18-20-9-11-23(31)12-10-20)30(39)35-26-8-4-7-25(33)17-26/h3-17H,18-19H2,1-2H3,(H,34,38)(H,35,39). The molecule has 0 atom stereocenters. The van der Waals surface area contributed by atoms with E-state index >= 15 is 0 Å². The van der Waals surface area contributed by atoms with E-state index < -0.39 is 29.4 Å². The van der Waals surface area contributed by atoms with Gasteiger partial charge in [-0.15, -0.1) is 0 Å². The zero-order chi connectivity index (χ0) is 27.9. The smallest absolute Gasteiger partial charge is 0.322 e. The van der Waals surface area contributed by atoms with Gasteiger partial charge in [-0.3, -0.25) is 4.79 Å². The molecule has 4 aromatic carbocycles. The molecule has 4 aromatic rings. The Kier molecular flexibility index (Phi) is 8.50. The van der Waals surface area contributed by atoms with Crippen molar-refractivity contribution in [2.24, 2.45) is 0 Å². The van der Waals surface area contributed by atoms with Crippen LogP contribution < -0.4 is 15.5 Å². The van der Waals surface area contributed by atoms with Crippen LogP contribution in [0.1, 0.15) is 21.5 Å². The number of rotatable bonds is 8. The highest BCUT2D eigenvalue weighted by atomic mass is 19.1. The Bertz CT molecular complexity index is 1480. The van der Waals surface area contributed by atoms with E-state index in [2.05, 4.69) is 10.6 Å². The van der Waals surface area contributed by atoms with Gasteiger partial charge < -0.3 is 20.4 Å². The maximum absolute atomic E-state index is 13.7. The molecule has 0 aliphatic rings. The summed E-state index contributed by atoms with van der Waals surface area (Å²) >= 11 is 0. The van der Waals surface area contributed by atoms with Gasteiger partial charge in [0.25, 0.3) is 5.91 Å². The van der Waals surface area contributed by atoms with E-state index in [0.29, 0.717) is 16.8 Å². The SMILES string of the molecule is CN(C)c1ccc(NC(=O)c2cccc(F)c2)cc1CN(Cc1ccc(F)cc1)C(=O)Nc1cccc(F)c1. The first kappa shape index (κ1) is 27.3. The quantitative estimate of drug-likeness (QED) is 0.267. The molecular weight excluding hydrogens is 505 g/mol. The first-order valence-electron chi connectivity index (χ1n) is 12.1. The van der Waals surface area contributed by atoms with Crippen molar-refractivity contribution in [2.45, 2.75) is 13.1 Å². The highest BCUT2D eigenvalue weighted by Crippen LogP contribution is 2.26. The van der Waals surface area contributed by atoms with Crippen molar-refractivity contribution in [2.75, 3.05) is 29.6 Å². The Morgan fingerprint density at radius 1 is 0.692 bits per heavy atom. The number of anilines is 3. The van der Waals surface area contributed by atoms with Gasteiger partial charge in [0, 0.05) is 49.8 Å². The number of carbonyl (C=O) groups excluding carboxylic acids is 2. The molecule has 0 fully saturated rings. The minimum atomic E-state index is -0.521. The molecule has 39 heavy (non-hydrogen) atoms. The Hall–Kier alpha value is -4.79. The van der Waals surface area contributed by atoms with Gasteiger partial charge in [0.05, 0.1) is 0 Å². The van der Waals surface area contributed by atoms with Gasteiger partial charge in [-0.2, -0.15) is 0 Å². The van der Waals surface area contributed by atoms with Crippen LogP contribution in [0.3, 0.4) is 0 Å². The molecule has 2 N–H and O–H groups in total. The predicted molar refractivity (Wildman–Crippen MR) is 146 cm³/mol. The third kappa shape index (κ3) is 7.38. The summed E-state index contributed by atoms with van der Waals surface area (Å²) in [6.07, 6.45) is 0. The van der Waals surface area contributed by atoms with Crippen LogP contribution in [0.15, 0.2) is 91.0 Å². The van der Waals surface area contributed by atoms with E-state index in [0.717, 1.165) is 11.8 Å². The number of halogens is 3. The monoisotopic (exact) mass is 532 g/mol. The first-order valence-corrected chi connectivity index (χ1v) is 12.1. The van der Waals surface area contributed by atoms with Crippen molar-refractivity contribution in [3.63, 3.8) is 0 Å². The van der Waals surface area contributed by atoms with Crippen molar-refractivity contribution in [1.29, 1.82) is 0 Å². The van der Waals surface area contributed by atoms with Crippen LogP contribution in [0.25, 0.3) is 0 Å². The van der Waals surface area contributed by atoms with Crippen LogP contribution in [0.4, 0.5) is 35.0 Å². The lowest BCUT2D eigenvalue weighted by Crippen LogP contribution is -2.34. The lowest BCUT2D eigenvalue weighted by molar-refractivity contribution is 0.102. The number of nitrogens with zero attached hydrogens (tertiary/aromatic N) is 2. The normalized spacial score (nSPS) is 10.6. The van der Waals surface area contributed by atoms with E-state index in [-0.39, 0.29) is 24.3 Å². The molecule has 6 nitrogen and oxygen atoms in total. The number of urea groups is 1. The van der Waals surface area contributed by atoms with Crippen LogP contribution in [0, 0.1) is 17.5 Å². The molecular formula is C30H27F3N4O2. The van der Waals surface area contributed by atoms with Crippen LogP contribution in [0.5, 0.6) is 0 Å². The minimum absolute atomic E-state index is 0.107. The summed E-state index contributed by atoms with van der Waals surface area (Å²) in [6.45, 7) is 0.240. The van der Waals surface area contributed by atoms with Gasteiger partial charge in [-0.25, -0.2) is 18.0 Å². The third-order valence-corrected chi connectivity index (χ3v) is 5.92. The maximum atomic E-state index is 13.7. The van der Waals surface area contributed by atoms with Gasteiger partial charge in [0.1, 0.15) is 17.5 Å². The summed E-state index contributed by atoms with van der Waals surface area (Å²) in [7, 11) is 3.70. The molecule has 0 saturated heterocycles. The first-order chi connectivity index (χ1) is 18.7. The Morgan fingerprint density at radius 3 is 2.03 bits per heavy atom. The average molecular weight is 533 g/mol. The Morgan fingerprint density at radius 2 is 1.36 bits per heavy atom. The van der Waals surface area contributed by atoms with E-state index in [4.69, 9.17) is 0 Å². The molecule has 0 radical (unpaired) electrons. The molecule has 0 heterocycles. The van der Waals surface area contributed by atoms with Gasteiger partial charge >= 0.3 is 6.03 Å². The number of amides is 3. The molecule has 9 heteroatoms. The van der Waals surface area contributed by atoms with Crippen molar-refractivity contribution >= 4 is 29.0 Å². The number of hydrogen-bond acceptors (Lipinski definition) is 3. The highest BCUT2D eigenvalue weighted by molar-refractivity contribution is 6.04. The van der Waals surface area contributed by atoms with Gasteiger partial charge in [0.15, 0.2) is 0 Å². The molecule has 0 spiro atoms. The second kappa shape index (κ2) is 12.2. The molecule has 0 saturated carbocycles. The number of benzene rings is 4. The molecule has 4 rings (SSSR count). The van der Waals surface area contributed by atoms with Crippen molar-refractivity contribution in [3.05, 3.63) is 125 Å². The summed E-state index contributed by atoms with van der Waals surface area (Å²) in [5, 5.41) is 5.48. The lowest BCUT2D eigenvalue weighted by Gasteiger charge is -2.27. The van der Waals surface area contributed by atoms with Crippen LogP contribution in [0.2, 0.25) is 0 Å². The number of carbonyl (C=O) groups is 2. The zero-order valence-corrected chi connectivity index (χ0v) is 21.4. The fraction of sp³-hybridized carbons (Fsp3) is 0.133. The van der Waals surface area contributed by atoms with Crippen LogP contribution in [-0.4, -0.2) is 30.9 Å². The Balaban J connectivity index is 1.63. The molecule has 0 aliphatic heterocycles. The van der Waals surface area contributed by atoms with Crippen molar-refractivity contribution in [1.82, 2.24) is 4.90 Å². The Labute approximate surface area is 224 Å². The van der Waals surface area contributed by atoms with Gasteiger partial charge in [-0.1, -0.05) is 24.3 Å². The second-order valence-electron chi connectivity index (χ2n) is 9.13. The molecule has 0 bridgehead atoms. The van der Waals surface area contributed by atoms with Crippen LogP contribution in [-0.2, 0) is 13.1 Å². The number of hydrogen-bond donors (Lipinski definition) is 2. The number of nitrogens with one attached hydrogen (secondary N) is 2. The molecule has 0 aromatic heterocycles. The lowest BCUT2D eigenvalue weighted by atomic mass is 10.1. The summed E-state index contributed by atoms with van der Waals surface area (Å²) in [5.41, 5.74) is 3.09. The summed E-state index contributed by atoms with van der Waals surface area (Å²) in [5.74, 6) is -1.89. The minimum Gasteiger partial charge on any atom is -0.377 e. The van der Waals surface area contributed by atoms with E-state index in [1.54, 1.807) is 36.4 Å². The van der Waals surface area contributed by atoms with E-state index in [1.165, 1.54) is 53.4 Å². The topological polar surface area (TPSA) is 64.7 Å². The van der Waals surface area contributed by atoms with E-state index in [1.807, 2.05) is 19.0 Å². The second-order valence-corrected chi connectivity index (χ2v) is 9.13. The third-order valence-electron chi connectivity index (χ3n) is 5.92. The zero-order valence-electron chi connectivity index (χ0n) is 21.4. The van der Waals surface area contributed by atoms with Gasteiger partial charge in [-0.05, 0) is 77.9 Å². The predicted octanol–water partition coefficient (Wildman–Crippen LogP) is 6.66. The molecule has 0 aliphatic carbocycles. The fourth-order valence-electron chi connectivity index (χ4n) is 4.04. The molecule has 200 valence electrons. The largest absolute Gasteiger partial charge is 0.377 e. The molecule has 3 amide bonds. The fourth-order valence-corrected chi connectivity index (χ4v) is 4.04. The van der Waals surface area contributed by atoms with Crippen molar-refractivity contribution in [3.8, 4) is 0 Å². The summed E-state index contributed by atoms with van der Waals surface area (Å²) < 4.78 is 40.8. The van der Waals surface area contributed by atoms with Gasteiger partial charge in [0.2, 0.25) is 0 Å². The van der Waals surface area contributed by atoms with E-state index in [9.17, 15) is 22.8 Å². The molecule has 0 unspecified atom stereocenters. The average Bonchev–Trinajstić information content (AvgIpc) is 2.89. The van der Waals surface area contributed by atoms with Crippen LogP contribution >= 0.6 is 0 Å². The highest BCUT2D eigenvalue weighted by Gasteiger charge is 2.19. The maximum Gasteiger partial charge on any atom is 0.322 e. The van der Waals surface area contributed by atoms with Crippen molar-refractivity contribution < 1.29 is 22.8 Å². The summed E-state index contributed by atoms with van der Waals surface area (Å²) in [4.78, 5) is 29.4.